The smallest absolute Gasteiger partial charge is 0.247 e. The van der Waals surface area contributed by atoms with Crippen molar-refractivity contribution in [2.45, 2.75) is 19.4 Å². The zero-order valence-electron chi connectivity index (χ0n) is 12.3. The fourth-order valence-electron chi connectivity index (χ4n) is 1.72. The molecule has 23 heavy (non-hydrogen) atoms. The number of nitrogens with one attached hydrogen (secondary N) is 2. The van der Waals surface area contributed by atoms with Gasteiger partial charge in [-0.05, 0) is 28.4 Å². The Kier molecular flexibility index (Phi) is 6.63. The predicted octanol–water partition coefficient (Wildman–Crippen LogP) is 1.61. The normalized spacial score (nSPS) is 12.6. The SMILES string of the molecule is CC(=O)NC(CCS(C)(=O)=O)C(=O)Nc1c(F)cc(F)cc1Br. The first-order valence-corrected chi connectivity index (χ1v) is 9.25. The number of hydrogen-bond acceptors (Lipinski definition) is 4. The largest absolute Gasteiger partial charge is 0.345 e. The molecule has 0 aliphatic heterocycles. The summed E-state index contributed by atoms with van der Waals surface area (Å²) in [5, 5.41) is 4.51. The van der Waals surface area contributed by atoms with Crippen molar-refractivity contribution in [1.29, 1.82) is 0 Å². The van der Waals surface area contributed by atoms with Gasteiger partial charge in [0.2, 0.25) is 11.8 Å². The fraction of sp³-hybridized carbons (Fsp3) is 0.385. The molecule has 1 aromatic carbocycles. The third-order valence-corrected chi connectivity index (χ3v) is 4.33. The van der Waals surface area contributed by atoms with Crippen LogP contribution in [0.2, 0.25) is 0 Å². The molecule has 0 bridgehead atoms. The van der Waals surface area contributed by atoms with Gasteiger partial charge in [-0.2, -0.15) is 0 Å². The Balaban J connectivity index is 2.95. The second kappa shape index (κ2) is 7.82. The summed E-state index contributed by atoms with van der Waals surface area (Å²) in [4.78, 5) is 23.3. The van der Waals surface area contributed by atoms with Gasteiger partial charge in [-0.25, -0.2) is 17.2 Å². The lowest BCUT2D eigenvalue weighted by Gasteiger charge is -2.18. The summed E-state index contributed by atoms with van der Waals surface area (Å²) in [7, 11) is -3.35. The Hall–Kier alpha value is -1.55. The number of rotatable bonds is 6. The van der Waals surface area contributed by atoms with Crippen molar-refractivity contribution >= 4 is 43.3 Å². The van der Waals surface area contributed by atoms with Crippen molar-refractivity contribution in [3.8, 4) is 0 Å². The highest BCUT2D eigenvalue weighted by atomic mass is 79.9. The quantitative estimate of drug-likeness (QED) is 0.741. The van der Waals surface area contributed by atoms with Crippen LogP contribution in [0.4, 0.5) is 14.5 Å². The van der Waals surface area contributed by atoms with Crippen LogP contribution in [-0.2, 0) is 19.4 Å². The molecule has 2 amide bonds. The molecule has 0 fully saturated rings. The topological polar surface area (TPSA) is 92.3 Å². The average molecular weight is 413 g/mol. The van der Waals surface area contributed by atoms with Gasteiger partial charge >= 0.3 is 0 Å². The van der Waals surface area contributed by atoms with E-state index in [1.54, 1.807) is 0 Å². The van der Waals surface area contributed by atoms with Crippen LogP contribution in [-0.4, -0.2) is 38.3 Å². The van der Waals surface area contributed by atoms with Crippen LogP contribution in [0.3, 0.4) is 0 Å². The van der Waals surface area contributed by atoms with E-state index in [2.05, 4.69) is 26.6 Å². The second-order valence-electron chi connectivity index (χ2n) is 4.91. The molecule has 0 aliphatic rings. The van der Waals surface area contributed by atoms with Crippen LogP contribution in [0, 0.1) is 11.6 Å². The summed E-state index contributed by atoms with van der Waals surface area (Å²) >= 11 is 2.92. The minimum Gasteiger partial charge on any atom is -0.345 e. The van der Waals surface area contributed by atoms with Crippen LogP contribution < -0.4 is 10.6 Å². The first-order chi connectivity index (χ1) is 10.5. The molecule has 10 heteroatoms. The van der Waals surface area contributed by atoms with E-state index in [0.29, 0.717) is 6.07 Å². The zero-order valence-corrected chi connectivity index (χ0v) is 14.7. The molecule has 1 unspecified atom stereocenters. The minimum absolute atomic E-state index is 0.0203. The Morgan fingerprint density at radius 1 is 1.30 bits per heavy atom. The molecule has 0 spiro atoms. The molecular formula is C13H15BrF2N2O4S. The van der Waals surface area contributed by atoms with Gasteiger partial charge in [0, 0.05) is 23.7 Å². The van der Waals surface area contributed by atoms with E-state index < -0.39 is 39.3 Å². The van der Waals surface area contributed by atoms with E-state index >= 15 is 0 Å². The van der Waals surface area contributed by atoms with Gasteiger partial charge in [0.05, 0.1) is 11.4 Å². The molecule has 0 aromatic heterocycles. The first-order valence-electron chi connectivity index (χ1n) is 6.40. The number of carbonyl (C=O) groups is 2. The molecular weight excluding hydrogens is 398 g/mol. The van der Waals surface area contributed by atoms with Gasteiger partial charge < -0.3 is 10.6 Å². The summed E-state index contributed by atoms with van der Waals surface area (Å²) in [6, 6.07) is 0.381. The molecule has 2 N–H and O–H groups in total. The number of anilines is 1. The zero-order chi connectivity index (χ0) is 17.8. The van der Waals surface area contributed by atoms with Crippen molar-refractivity contribution in [2.24, 2.45) is 0 Å². The molecule has 0 saturated heterocycles. The summed E-state index contributed by atoms with van der Waals surface area (Å²) in [5.41, 5.74) is -0.300. The molecule has 0 heterocycles. The highest BCUT2D eigenvalue weighted by molar-refractivity contribution is 9.10. The maximum absolute atomic E-state index is 13.7. The Morgan fingerprint density at radius 3 is 2.39 bits per heavy atom. The van der Waals surface area contributed by atoms with E-state index in [4.69, 9.17) is 0 Å². The molecule has 0 radical (unpaired) electrons. The van der Waals surface area contributed by atoms with E-state index in [0.717, 1.165) is 19.2 Å². The molecule has 1 aromatic rings. The minimum atomic E-state index is -3.35. The molecule has 0 saturated carbocycles. The van der Waals surface area contributed by atoms with Crippen LogP contribution in [0.15, 0.2) is 16.6 Å². The van der Waals surface area contributed by atoms with E-state index in [1.807, 2.05) is 0 Å². The highest BCUT2D eigenvalue weighted by Crippen LogP contribution is 2.27. The molecule has 1 rings (SSSR count). The first kappa shape index (κ1) is 19.5. The van der Waals surface area contributed by atoms with Crippen LogP contribution in [0.5, 0.6) is 0 Å². The fourth-order valence-corrected chi connectivity index (χ4v) is 2.89. The third-order valence-electron chi connectivity index (χ3n) is 2.73. The van der Waals surface area contributed by atoms with Gasteiger partial charge in [0.25, 0.3) is 0 Å². The van der Waals surface area contributed by atoms with Gasteiger partial charge in [0.1, 0.15) is 21.7 Å². The van der Waals surface area contributed by atoms with Crippen LogP contribution >= 0.6 is 15.9 Å². The van der Waals surface area contributed by atoms with Crippen LogP contribution in [0.25, 0.3) is 0 Å². The lowest BCUT2D eigenvalue weighted by Crippen LogP contribution is -2.44. The summed E-state index contributed by atoms with van der Waals surface area (Å²) < 4.78 is 49.1. The van der Waals surface area contributed by atoms with Crippen molar-refractivity contribution < 1.29 is 26.8 Å². The molecule has 0 aliphatic carbocycles. The number of sulfone groups is 1. The molecule has 6 nitrogen and oxygen atoms in total. The lowest BCUT2D eigenvalue weighted by molar-refractivity contribution is -0.125. The van der Waals surface area contributed by atoms with E-state index in [9.17, 15) is 26.8 Å². The maximum atomic E-state index is 13.7. The number of hydrogen-bond donors (Lipinski definition) is 2. The van der Waals surface area contributed by atoms with Gasteiger partial charge in [-0.15, -0.1) is 0 Å². The Morgan fingerprint density at radius 2 is 1.91 bits per heavy atom. The predicted molar refractivity (Wildman–Crippen MR) is 84.6 cm³/mol. The molecule has 128 valence electrons. The highest BCUT2D eigenvalue weighted by Gasteiger charge is 2.23. The Bertz CT molecular complexity index is 702. The number of amides is 2. The van der Waals surface area contributed by atoms with Crippen molar-refractivity contribution in [3.05, 3.63) is 28.2 Å². The maximum Gasteiger partial charge on any atom is 0.247 e. The summed E-state index contributed by atoms with van der Waals surface area (Å²) in [6.07, 6.45) is 0.816. The van der Waals surface area contributed by atoms with Gasteiger partial charge in [0.15, 0.2) is 5.82 Å². The summed E-state index contributed by atoms with van der Waals surface area (Å²) in [5.74, 6) is -3.52. The number of carbonyl (C=O) groups excluding carboxylic acids is 2. The van der Waals surface area contributed by atoms with Crippen LogP contribution in [0.1, 0.15) is 13.3 Å². The summed E-state index contributed by atoms with van der Waals surface area (Å²) in [6.45, 7) is 1.16. The third kappa shape index (κ3) is 6.61. The van der Waals surface area contributed by atoms with Crippen molar-refractivity contribution in [2.75, 3.05) is 17.3 Å². The number of benzene rings is 1. The van der Waals surface area contributed by atoms with Gasteiger partial charge in [-0.1, -0.05) is 0 Å². The van der Waals surface area contributed by atoms with Gasteiger partial charge in [-0.3, -0.25) is 9.59 Å². The second-order valence-corrected chi connectivity index (χ2v) is 8.02. The van der Waals surface area contributed by atoms with Crippen molar-refractivity contribution in [3.63, 3.8) is 0 Å². The average Bonchev–Trinajstić information content (AvgIpc) is 2.37. The number of halogens is 3. The Labute approximate surface area is 140 Å². The monoisotopic (exact) mass is 412 g/mol. The standard InChI is InChI=1S/C13H15BrF2N2O4S/c1-7(19)17-11(3-4-23(2,21)22)13(20)18-12-9(14)5-8(15)6-10(12)16/h5-6,11H,3-4H2,1-2H3,(H,17,19)(H,18,20). The van der Waals surface area contributed by atoms with Crippen molar-refractivity contribution in [1.82, 2.24) is 5.32 Å². The van der Waals surface area contributed by atoms with E-state index in [-0.39, 0.29) is 22.3 Å². The molecule has 1 atom stereocenters. The van der Waals surface area contributed by atoms with E-state index in [1.165, 1.54) is 0 Å². The lowest BCUT2D eigenvalue weighted by atomic mass is 10.2.